The van der Waals surface area contributed by atoms with Gasteiger partial charge in [-0.25, -0.2) is 0 Å². The minimum absolute atomic E-state index is 0.00543. The van der Waals surface area contributed by atoms with Gasteiger partial charge in [0, 0.05) is 12.6 Å². The van der Waals surface area contributed by atoms with Crippen molar-refractivity contribution in [3.63, 3.8) is 0 Å². The summed E-state index contributed by atoms with van der Waals surface area (Å²) in [5.74, 6) is -0.124. The van der Waals surface area contributed by atoms with Crippen molar-refractivity contribution in [2.75, 3.05) is 13.1 Å². The van der Waals surface area contributed by atoms with Gasteiger partial charge in [-0.15, -0.1) is 0 Å². The Morgan fingerprint density at radius 3 is 2.31 bits per heavy atom. The highest BCUT2D eigenvalue weighted by atomic mass is 16.2. The van der Waals surface area contributed by atoms with Crippen molar-refractivity contribution in [1.29, 1.82) is 0 Å². The first kappa shape index (κ1) is 14.9. The van der Waals surface area contributed by atoms with E-state index in [0.29, 0.717) is 6.54 Å². The number of carbonyl (C=O) groups excluding carboxylic acids is 2. The molecule has 0 aromatic rings. The summed E-state index contributed by atoms with van der Waals surface area (Å²) in [5.41, 5.74) is 0.210. The SMILES string of the molecule is CC(C)N([C]=O)CC(=O)NCCC(C)(C)C. The minimum atomic E-state index is -0.124. The van der Waals surface area contributed by atoms with Crippen molar-refractivity contribution in [3.8, 4) is 0 Å². The molecule has 0 aromatic carbocycles. The van der Waals surface area contributed by atoms with Crippen LogP contribution in [0.2, 0.25) is 0 Å². The van der Waals surface area contributed by atoms with Crippen LogP contribution in [0.5, 0.6) is 0 Å². The number of hydrogen-bond donors (Lipinski definition) is 1. The van der Waals surface area contributed by atoms with Gasteiger partial charge in [0.15, 0.2) is 0 Å². The fourth-order valence-corrected chi connectivity index (χ4v) is 1.11. The Morgan fingerprint density at radius 1 is 1.38 bits per heavy atom. The lowest BCUT2D eigenvalue weighted by molar-refractivity contribution is -0.121. The van der Waals surface area contributed by atoms with E-state index in [1.807, 2.05) is 13.8 Å². The van der Waals surface area contributed by atoms with Crippen molar-refractivity contribution in [2.24, 2.45) is 5.41 Å². The maximum atomic E-state index is 11.5. The highest BCUT2D eigenvalue weighted by molar-refractivity contribution is 5.79. The molecule has 0 saturated heterocycles. The summed E-state index contributed by atoms with van der Waals surface area (Å²) in [4.78, 5) is 23.4. The molecule has 2 amide bonds. The zero-order valence-electron chi connectivity index (χ0n) is 11.0. The maximum Gasteiger partial charge on any atom is 0.312 e. The molecule has 0 aromatic heterocycles. The van der Waals surface area contributed by atoms with E-state index in [-0.39, 0.29) is 23.9 Å². The molecule has 93 valence electrons. The van der Waals surface area contributed by atoms with E-state index in [9.17, 15) is 9.59 Å². The van der Waals surface area contributed by atoms with E-state index >= 15 is 0 Å². The van der Waals surface area contributed by atoms with E-state index in [2.05, 4.69) is 26.1 Å². The Hall–Kier alpha value is -1.06. The topological polar surface area (TPSA) is 49.4 Å². The van der Waals surface area contributed by atoms with Crippen LogP contribution < -0.4 is 5.32 Å². The van der Waals surface area contributed by atoms with Gasteiger partial charge in [-0.1, -0.05) is 20.8 Å². The van der Waals surface area contributed by atoms with E-state index in [4.69, 9.17) is 0 Å². The van der Waals surface area contributed by atoms with Crippen LogP contribution in [0, 0.1) is 5.41 Å². The predicted molar refractivity (Wildman–Crippen MR) is 64.6 cm³/mol. The zero-order chi connectivity index (χ0) is 12.8. The minimum Gasteiger partial charge on any atom is -0.355 e. The van der Waals surface area contributed by atoms with Crippen molar-refractivity contribution in [3.05, 3.63) is 0 Å². The Bertz CT molecular complexity index is 232. The molecule has 1 N–H and O–H groups in total. The summed E-state index contributed by atoms with van der Waals surface area (Å²) >= 11 is 0. The third-order valence-electron chi connectivity index (χ3n) is 2.25. The molecule has 0 saturated carbocycles. The summed E-state index contributed by atoms with van der Waals surface area (Å²) in [7, 11) is 0. The van der Waals surface area contributed by atoms with Crippen LogP contribution in [-0.4, -0.2) is 36.3 Å². The molecule has 0 heterocycles. The summed E-state index contributed by atoms with van der Waals surface area (Å²) in [6.07, 6.45) is 2.68. The Morgan fingerprint density at radius 2 is 1.94 bits per heavy atom. The first-order chi connectivity index (χ1) is 7.26. The second-order valence-electron chi connectivity index (χ2n) is 5.47. The smallest absolute Gasteiger partial charge is 0.312 e. The van der Waals surface area contributed by atoms with Gasteiger partial charge in [0.1, 0.15) is 6.54 Å². The predicted octanol–water partition coefficient (Wildman–Crippen LogP) is 1.32. The molecule has 1 radical (unpaired) electrons. The molecule has 0 spiro atoms. The first-order valence-electron chi connectivity index (χ1n) is 5.67. The lowest BCUT2D eigenvalue weighted by atomic mass is 9.92. The number of nitrogens with one attached hydrogen (secondary N) is 1. The van der Waals surface area contributed by atoms with Gasteiger partial charge in [0.05, 0.1) is 0 Å². The van der Waals surface area contributed by atoms with Crippen LogP contribution in [0.3, 0.4) is 0 Å². The van der Waals surface area contributed by atoms with Gasteiger partial charge in [-0.3, -0.25) is 9.59 Å². The molecule has 0 aliphatic rings. The standard InChI is InChI=1S/C12H23N2O2/c1-10(2)14(9-15)8-11(16)13-7-6-12(3,4)5/h10H,6-8H2,1-5H3,(H,13,16). The average Bonchev–Trinajstić information content (AvgIpc) is 2.11. The van der Waals surface area contributed by atoms with Crippen molar-refractivity contribution in [2.45, 2.75) is 47.1 Å². The molecular weight excluding hydrogens is 204 g/mol. The van der Waals surface area contributed by atoms with E-state index in [1.165, 1.54) is 4.90 Å². The van der Waals surface area contributed by atoms with Crippen molar-refractivity contribution >= 4 is 12.3 Å². The van der Waals surface area contributed by atoms with E-state index in [0.717, 1.165) is 6.42 Å². The lowest BCUT2D eigenvalue weighted by Crippen LogP contribution is -2.40. The van der Waals surface area contributed by atoms with Gasteiger partial charge < -0.3 is 10.2 Å². The number of nitrogens with zero attached hydrogens (tertiary/aromatic N) is 1. The van der Waals surface area contributed by atoms with Gasteiger partial charge in [0.2, 0.25) is 5.91 Å². The van der Waals surface area contributed by atoms with Crippen molar-refractivity contribution < 1.29 is 9.59 Å². The molecule has 0 rings (SSSR count). The zero-order valence-corrected chi connectivity index (χ0v) is 11.0. The molecule has 0 aliphatic carbocycles. The molecule has 0 unspecified atom stereocenters. The Kier molecular flexibility index (Phi) is 6.08. The maximum absolute atomic E-state index is 11.5. The molecule has 0 bridgehead atoms. The molecule has 4 heteroatoms. The number of carbonyl (C=O) groups is 1. The largest absolute Gasteiger partial charge is 0.355 e. The van der Waals surface area contributed by atoms with Crippen molar-refractivity contribution in [1.82, 2.24) is 10.2 Å². The quantitative estimate of drug-likeness (QED) is 0.696. The van der Waals surface area contributed by atoms with Gasteiger partial charge in [-0.05, 0) is 25.7 Å². The Labute approximate surface area is 98.4 Å². The third kappa shape index (κ3) is 7.26. The molecule has 0 aliphatic heterocycles. The van der Waals surface area contributed by atoms with Gasteiger partial charge in [0.25, 0.3) is 0 Å². The van der Waals surface area contributed by atoms with E-state index in [1.54, 1.807) is 6.41 Å². The molecule has 4 nitrogen and oxygen atoms in total. The summed E-state index contributed by atoms with van der Waals surface area (Å²) in [6.45, 7) is 10.8. The summed E-state index contributed by atoms with van der Waals surface area (Å²) < 4.78 is 0. The first-order valence-corrected chi connectivity index (χ1v) is 5.67. The third-order valence-corrected chi connectivity index (χ3v) is 2.25. The van der Waals surface area contributed by atoms with Crippen LogP contribution in [-0.2, 0) is 9.59 Å². The molecular formula is C12H23N2O2. The van der Waals surface area contributed by atoms with Gasteiger partial charge >= 0.3 is 6.41 Å². The van der Waals surface area contributed by atoms with Crippen LogP contribution in [0.15, 0.2) is 0 Å². The number of amides is 2. The summed E-state index contributed by atoms with van der Waals surface area (Å²) in [5, 5.41) is 2.80. The van der Waals surface area contributed by atoms with Crippen LogP contribution >= 0.6 is 0 Å². The lowest BCUT2D eigenvalue weighted by Gasteiger charge is -2.21. The average molecular weight is 227 g/mol. The highest BCUT2D eigenvalue weighted by Crippen LogP contribution is 2.16. The van der Waals surface area contributed by atoms with Crippen LogP contribution in [0.1, 0.15) is 41.0 Å². The van der Waals surface area contributed by atoms with Crippen LogP contribution in [0.25, 0.3) is 0 Å². The molecule has 0 atom stereocenters. The normalized spacial score (nSPS) is 11.4. The monoisotopic (exact) mass is 227 g/mol. The van der Waals surface area contributed by atoms with E-state index < -0.39 is 0 Å². The second-order valence-corrected chi connectivity index (χ2v) is 5.47. The summed E-state index contributed by atoms with van der Waals surface area (Å²) in [6, 6.07) is 0.00543. The molecule has 16 heavy (non-hydrogen) atoms. The fraction of sp³-hybridized carbons (Fsp3) is 0.833. The second kappa shape index (κ2) is 6.51. The van der Waals surface area contributed by atoms with Gasteiger partial charge in [-0.2, -0.15) is 0 Å². The number of hydrogen-bond acceptors (Lipinski definition) is 2. The molecule has 0 fully saturated rings. The van der Waals surface area contributed by atoms with Crippen LogP contribution in [0.4, 0.5) is 0 Å². The fourth-order valence-electron chi connectivity index (χ4n) is 1.11. The number of rotatable bonds is 6. The highest BCUT2D eigenvalue weighted by Gasteiger charge is 2.14. The Balaban J connectivity index is 3.86.